The van der Waals surface area contributed by atoms with E-state index in [2.05, 4.69) is 6.92 Å². The van der Waals surface area contributed by atoms with Gasteiger partial charge in [-0.2, -0.15) is 0 Å². The summed E-state index contributed by atoms with van der Waals surface area (Å²) in [5.74, 6) is 0.294. The van der Waals surface area contributed by atoms with E-state index >= 15 is 0 Å². The Bertz CT molecular complexity index is 942. The summed E-state index contributed by atoms with van der Waals surface area (Å²) < 4.78 is 28.0. The largest absolute Gasteiger partial charge is 0.341 e. The molecule has 0 aromatic heterocycles. The van der Waals surface area contributed by atoms with E-state index in [0.717, 1.165) is 24.0 Å². The Balaban J connectivity index is 1.97. The summed E-state index contributed by atoms with van der Waals surface area (Å²) in [5.41, 5.74) is 2.59. The van der Waals surface area contributed by atoms with E-state index in [1.165, 1.54) is 4.31 Å². The summed E-state index contributed by atoms with van der Waals surface area (Å²) >= 11 is 0. The molecule has 0 spiro atoms. The van der Waals surface area contributed by atoms with Crippen LogP contribution in [0.3, 0.4) is 0 Å². The average Bonchev–Trinajstić information content (AvgIpc) is 2.68. The molecule has 0 aliphatic carbocycles. The van der Waals surface area contributed by atoms with Crippen LogP contribution >= 0.6 is 0 Å². The van der Waals surface area contributed by atoms with Crippen LogP contribution in [0.2, 0.25) is 0 Å². The quantitative estimate of drug-likeness (QED) is 0.768. The maximum Gasteiger partial charge on any atom is 0.264 e. The summed E-state index contributed by atoms with van der Waals surface area (Å²) in [5, 5.41) is 0. The van der Waals surface area contributed by atoms with Gasteiger partial charge in [-0.3, -0.25) is 9.10 Å². The number of carbonyl (C=O) groups is 1. The van der Waals surface area contributed by atoms with Gasteiger partial charge in [-0.15, -0.1) is 0 Å². The fourth-order valence-electron chi connectivity index (χ4n) is 3.55. The van der Waals surface area contributed by atoms with Crippen molar-refractivity contribution >= 4 is 21.6 Å². The maximum atomic E-state index is 13.4. The smallest absolute Gasteiger partial charge is 0.264 e. The van der Waals surface area contributed by atoms with Crippen molar-refractivity contribution < 1.29 is 13.2 Å². The van der Waals surface area contributed by atoms with E-state index in [1.54, 1.807) is 41.3 Å². The minimum absolute atomic E-state index is 0.149. The first-order chi connectivity index (χ1) is 13.3. The molecule has 3 rings (SSSR count). The topological polar surface area (TPSA) is 57.7 Å². The van der Waals surface area contributed by atoms with Gasteiger partial charge < -0.3 is 4.90 Å². The second kappa shape index (κ2) is 8.35. The highest BCUT2D eigenvalue weighted by Gasteiger charge is 2.30. The number of carbonyl (C=O) groups excluding carboxylic acids is 1. The standard InChI is InChI=1S/C22H28N2O3S/c1-17-8-7-13-23(15-17)22(25)16-24(20-12-11-18(2)19(3)14-20)28(26,27)21-9-5-4-6-10-21/h4-6,9-12,14,17H,7-8,13,15-16H2,1-3H3/t17-/m0/s1. The van der Waals surface area contributed by atoms with Crippen molar-refractivity contribution in [3.8, 4) is 0 Å². The highest BCUT2D eigenvalue weighted by Crippen LogP contribution is 2.26. The average molecular weight is 401 g/mol. The van der Waals surface area contributed by atoms with Crippen molar-refractivity contribution in [2.75, 3.05) is 23.9 Å². The molecule has 1 heterocycles. The molecule has 1 saturated heterocycles. The number of hydrogen-bond donors (Lipinski definition) is 0. The predicted molar refractivity (Wildman–Crippen MR) is 112 cm³/mol. The van der Waals surface area contributed by atoms with Crippen molar-refractivity contribution in [2.45, 2.75) is 38.5 Å². The van der Waals surface area contributed by atoms with Crippen LogP contribution in [-0.4, -0.2) is 38.9 Å². The van der Waals surface area contributed by atoms with Gasteiger partial charge in [-0.25, -0.2) is 8.42 Å². The molecule has 0 saturated carbocycles. The monoisotopic (exact) mass is 400 g/mol. The minimum atomic E-state index is -3.85. The van der Waals surface area contributed by atoms with Crippen molar-refractivity contribution in [1.29, 1.82) is 0 Å². The zero-order valence-electron chi connectivity index (χ0n) is 16.8. The lowest BCUT2D eigenvalue weighted by Gasteiger charge is -2.33. The second-order valence-electron chi connectivity index (χ2n) is 7.68. The van der Waals surface area contributed by atoms with Crippen molar-refractivity contribution in [2.24, 2.45) is 5.92 Å². The third-order valence-electron chi connectivity index (χ3n) is 5.40. The van der Waals surface area contributed by atoms with Gasteiger partial charge in [0.2, 0.25) is 5.91 Å². The number of likely N-dealkylation sites (tertiary alicyclic amines) is 1. The summed E-state index contributed by atoms with van der Waals surface area (Å²) in [6, 6.07) is 13.8. The van der Waals surface area contributed by atoms with Crippen LogP contribution in [0.1, 0.15) is 30.9 Å². The fraction of sp³-hybridized carbons (Fsp3) is 0.409. The molecule has 1 aliphatic rings. The lowest BCUT2D eigenvalue weighted by molar-refractivity contribution is -0.131. The zero-order valence-corrected chi connectivity index (χ0v) is 17.6. The first-order valence-corrected chi connectivity index (χ1v) is 11.2. The first kappa shape index (κ1) is 20.4. The number of aryl methyl sites for hydroxylation is 2. The van der Waals surface area contributed by atoms with E-state index in [-0.39, 0.29) is 17.3 Å². The number of rotatable bonds is 5. The summed E-state index contributed by atoms with van der Waals surface area (Å²) in [6.45, 7) is 7.24. The van der Waals surface area contributed by atoms with E-state index in [9.17, 15) is 13.2 Å². The Kier molecular flexibility index (Phi) is 6.08. The first-order valence-electron chi connectivity index (χ1n) is 9.72. The number of hydrogen-bond acceptors (Lipinski definition) is 3. The lowest BCUT2D eigenvalue weighted by atomic mass is 10.0. The van der Waals surface area contributed by atoms with E-state index in [4.69, 9.17) is 0 Å². The van der Waals surface area contributed by atoms with Gasteiger partial charge >= 0.3 is 0 Å². The highest BCUT2D eigenvalue weighted by molar-refractivity contribution is 7.92. The van der Waals surface area contributed by atoms with Crippen LogP contribution < -0.4 is 4.31 Å². The number of sulfonamides is 1. The summed E-state index contributed by atoms with van der Waals surface area (Å²) in [7, 11) is -3.85. The third kappa shape index (κ3) is 4.38. The number of anilines is 1. The molecule has 6 heteroatoms. The molecule has 2 aromatic carbocycles. The number of nitrogens with zero attached hydrogens (tertiary/aromatic N) is 2. The van der Waals surface area contributed by atoms with Gasteiger partial charge in [-0.1, -0.05) is 31.2 Å². The van der Waals surface area contributed by atoms with Crippen molar-refractivity contribution in [3.63, 3.8) is 0 Å². The number of amides is 1. The van der Waals surface area contributed by atoms with Crippen LogP contribution in [0.25, 0.3) is 0 Å². The van der Waals surface area contributed by atoms with Gasteiger partial charge in [0.1, 0.15) is 6.54 Å². The molecule has 150 valence electrons. The summed E-state index contributed by atoms with van der Waals surface area (Å²) in [4.78, 5) is 15.0. The Morgan fingerprint density at radius 3 is 2.46 bits per heavy atom. The third-order valence-corrected chi connectivity index (χ3v) is 7.19. The van der Waals surface area contributed by atoms with Gasteiger partial charge in [-0.05, 0) is 68.0 Å². The highest BCUT2D eigenvalue weighted by atomic mass is 32.2. The van der Waals surface area contributed by atoms with Crippen LogP contribution in [0.4, 0.5) is 5.69 Å². The Morgan fingerprint density at radius 1 is 1.11 bits per heavy atom. The van der Waals surface area contributed by atoms with Gasteiger partial charge in [0.15, 0.2) is 0 Å². The van der Waals surface area contributed by atoms with Crippen LogP contribution in [0.5, 0.6) is 0 Å². The van der Waals surface area contributed by atoms with Crippen molar-refractivity contribution in [3.05, 3.63) is 59.7 Å². The van der Waals surface area contributed by atoms with E-state index in [0.29, 0.717) is 24.7 Å². The fourth-order valence-corrected chi connectivity index (χ4v) is 4.98. The predicted octanol–water partition coefficient (Wildman–Crippen LogP) is 3.76. The molecule has 1 aliphatic heterocycles. The molecular weight excluding hydrogens is 372 g/mol. The number of piperidine rings is 1. The summed E-state index contributed by atoms with van der Waals surface area (Å²) in [6.07, 6.45) is 2.06. The van der Waals surface area contributed by atoms with Gasteiger partial charge in [0.25, 0.3) is 10.0 Å². The van der Waals surface area contributed by atoms with Crippen LogP contribution in [-0.2, 0) is 14.8 Å². The normalized spacial score (nSPS) is 17.4. The molecule has 28 heavy (non-hydrogen) atoms. The molecule has 1 atom stereocenters. The molecule has 1 amide bonds. The van der Waals surface area contributed by atoms with Gasteiger partial charge in [0.05, 0.1) is 10.6 Å². The minimum Gasteiger partial charge on any atom is -0.341 e. The van der Waals surface area contributed by atoms with E-state index in [1.807, 2.05) is 26.0 Å². The Morgan fingerprint density at radius 2 is 1.82 bits per heavy atom. The lowest BCUT2D eigenvalue weighted by Crippen LogP contribution is -2.46. The molecule has 1 fully saturated rings. The molecule has 0 unspecified atom stereocenters. The number of benzene rings is 2. The van der Waals surface area contributed by atoms with Gasteiger partial charge in [0, 0.05) is 13.1 Å². The molecule has 5 nitrogen and oxygen atoms in total. The molecule has 2 aromatic rings. The van der Waals surface area contributed by atoms with Crippen molar-refractivity contribution in [1.82, 2.24) is 4.90 Å². The van der Waals surface area contributed by atoms with E-state index < -0.39 is 10.0 Å². The SMILES string of the molecule is Cc1ccc(N(CC(=O)N2CCC[C@H](C)C2)S(=O)(=O)c2ccccc2)cc1C. The Hall–Kier alpha value is -2.34. The second-order valence-corrected chi connectivity index (χ2v) is 9.54. The van der Waals surface area contributed by atoms with Crippen LogP contribution in [0, 0.1) is 19.8 Å². The Labute approximate surface area is 168 Å². The molecule has 0 N–H and O–H groups in total. The molecular formula is C22H28N2O3S. The molecule has 0 bridgehead atoms. The zero-order chi connectivity index (χ0) is 20.3. The maximum absolute atomic E-state index is 13.4. The molecule has 0 radical (unpaired) electrons. The van der Waals surface area contributed by atoms with Crippen LogP contribution in [0.15, 0.2) is 53.4 Å².